The molecule has 6 heteroatoms. The molecular formula is C21H28N2O4. The number of amides is 2. The minimum absolute atomic E-state index is 0.104. The molecule has 146 valence electrons. The van der Waals surface area contributed by atoms with Crippen molar-refractivity contribution >= 4 is 11.8 Å². The Morgan fingerprint density at radius 1 is 1.00 bits per heavy atom. The number of ether oxygens (including phenoxy) is 2. The fraction of sp³-hybridized carbons (Fsp3) is 0.619. The quantitative estimate of drug-likeness (QED) is 0.779. The van der Waals surface area contributed by atoms with Gasteiger partial charge in [0, 0.05) is 6.42 Å². The molecule has 0 atom stereocenters. The molecule has 2 N–H and O–H groups in total. The van der Waals surface area contributed by atoms with E-state index in [-0.39, 0.29) is 11.3 Å². The maximum atomic E-state index is 12.6. The molecular weight excluding hydrogens is 344 g/mol. The van der Waals surface area contributed by atoms with Crippen molar-refractivity contribution in [2.45, 2.75) is 44.9 Å². The topological polar surface area (TPSA) is 76.7 Å². The third-order valence-corrected chi connectivity index (χ3v) is 6.66. The molecule has 4 aliphatic carbocycles. The molecule has 0 aromatic heterocycles. The van der Waals surface area contributed by atoms with Crippen molar-refractivity contribution in [3.63, 3.8) is 0 Å². The van der Waals surface area contributed by atoms with E-state index in [2.05, 4.69) is 10.9 Å². The van der Waals surface area contributed by atoms with Crippen LogP contribution in [0.5, 0.6) is 11.5 Å². The second-order valence-electron chi connectivity index (χ2n) is 8.64. The molecule has 6 nitrogen and oxygen atoms in total. The van der Waals surface area contributed by atoms with Gasteiger partial charge in [0.25, 0.3) is 5.91 Å². The highest BCUT2D eigenvalue weighted by atomic mass is 16.5. The summed E-state index contributed by atoms with van der Waals surface area (Å²) in [7, 11) is 3.01. The normalized spacial score (nSPS) is 30.7. The monoisotopic (exact) mass is 372 g/mol. The Hall–Kier alpha value is -2.24. The lowest BCUT2D eigenvalue weighted by molar-refractivity contribution is -0.130. The number of nitrogens with one attached hydrogen (secondary N) is 2. The first-order valence-corrected chi connectivity index (χ1v) is 9.82. The second kappa shape index (κ2) is 7.06. The van der Waals surface area contributed by atoms with Gasteiger partial charge in [-0.3, -0.25) is 20.4 Å². The standard InChI is InChI=1S/C21H28N2O4/c1-26-17-5-3-4-16(19(17)27-2)20(25)23-22-18(24)12-21-9-13-6-14(10-21)8-15(7-13)11-21/h3-5,13-15H,6-12H2,1-2H3,(H,22,24)(H,23,25). The summed E-state index contributed by atoms with van der Waals surface area (Å²) in [4.78, 5) is 25.1. The van der Waals surface area contributed by atoms with E-state index in [1.165, 1.54) is 52.7 Å². The number of benzene rings is 1. The summed E-state index contributed by atoms with van der Waals surface area (Å²) < 4.78 is 10.5. The minimum Gasteiger partial charge on any atom is -0.493 e. The van der Waals surface area contributed by atoms with E-state index in [1.54, 1.807) is 18.2 Å². The van der Waals surface area contributed by atoms with Crippen molar-refractivity contribution in [1.29, 1.82) is 0 Å². The van der Waals surface area contributed by atoms with Gasteiger partial charge in [-0.25, -0.2) is 0 Å². The highest BCUT2D eigenvalue weighted by Gasteiger charge is 2.51. The van der Waals surface area contributed by atoms with Crippen LogP contribution in [0.3, 0.4) is 0 Å². The van der Waals surface area contributed by atoms with Crippen LogP contribution in [0.1, 0.15) is 55.3 Å². The zero-order chi connectivity index (χ0) is 19.0. The van der Waals surface area contributed by atoms with Crippen LogP contribution in [-0.2, 0) is 4.79 Å². The molecule has 5 rings (SSSR count). The summed E-state index contributed by atoms with van der Waals surface area (Å²) in [6.45, 7) is 0. The van der Waals surface area contributed by atoms with E-state index in [4.69, 9.17) is 9.47 Å². The lowest BCUT2D eigenvalue weighted by atomic mass is 9.49. The van der Waals surface area contributed by atoms with Crippen molar-refractivity contribution < 1.29 is 19.1 Å². The minimum atomic E-state index is -0.412. The van der Waals surface area contributed by atoms with E-state index >= 15 is 0 Å². The maximum Gasteiger partial charge on any atom is 0.273 e. The van der Waals surface area contributed by atoms with E-state index < -0.39 is 5.91 Å². The van der Waals surface area contributed by atoms with Gasteiger partial charge in [-0.1, -0.05) is 6.07 Å². The molecule has 0 saturated heterocycles. The SMILES string of the molecule is COc1cccc(C(=O)NNC(=O)CC23CC4CC(CC(C4)C2)C3)c1OC. The molecule has 4 aliphatic rings. The largest absolute Gasteiger partial charge is 0.493 e. The fourth-order valence-electron chi connectivity index (χ4n) is 6.15. The highest BCUT2D eigenvalue weighted by molar-refractivity contribution is 5.98. The smallest absolute Gasteiger partial charge is 0.273 e. The van der Waals surface area contributed by atoms with Gasteiger partial charge in [0.1, 0.15) is 0 Å². The molecule has 4 saturated carbocycles. The number of hydrazine groups is 1. The second-order valence-corrected chi connectivity index (χ2v) is 8.64. The molecule has 1 aromatic rings. The molecule has 0 aliphatic heterocycles. The van der Waals surface area contributed by atoms with E-state index in [1.807, 2.05) is 0 Å². The fourth-order valence-corrected chi connectivity index (χ4v) is 6.15. The average Bonchev–Trinajstić information content (AvgIpc) is 2.63. The predicted molar refractivity (Wildman–Crippen MR) is 100 cm³/mol. The molecule has 0 spiro atoms. The van der Waals surface area contributed by atoms with Crippen LogP contribution in [0, 0.1) is 23.2 Å². The van der Waals surface area contributed by atoms with Crippen molar-refractivity contribution in [3.8, 4) is 11.5 Å². The summed E-state index contributed by atoms with van der Waals surface area (Å²) in [5.74, 6) is 2.73. The Morgan fingerprint density at radius 2 is 1.63 bits per heavy atom. The number of hydrogen-bond acceptors (Lipinski definition) is 4. The van der Waals surface area contributed by atoms with Gasteiger partial charge in [-0.15, -0.1) is 0 Å². The van der Waals surface area contributed by atoms with Crippen LogP contribution in [0.4, 0.5) is 0 Å². The third kappa shape index (κ3) is 3.49. The summed E-state index contributed by atoms with van der Waals surface area (Å²) in [5, 5.41) is 0. The van der Waals surface area contributed by atoms with Gasteiger partial charge < -0.3 is 9.47 Å². The van der Waals surface area contributed by atoms with Crippen molar-refractivity contribution in [3.05, 3.63) is 23.8 Å². The van der Waals surface area contributed by atoms with Gasteiger partial charge in [-0.05, 0) is 73.8 Å². The van der Waals surface area contributed by atoms with Crippen molar-refractivity contribution in [2.24, 2.45) is 23.2 Å². The summed E-state index contributed by atoms with van der Waals surface area (Å²) in [6.07, 6.45) is 8.08. The average molecular weight is 372 g/mol. The molecule has 4 bridgehead atoms. The first-order chi connectivity index (χ1) is 13.0. The molecule has 27 heavy (non-hydrogen) atoms. The molecule has 0 heterocycles. The van der Waals surface area contributed by atoms with Crippen LogP contribution in [-0.4, -0.2) is 26.0 Å². The van der Waals surface area contributed by atoms with Crippen LogP contribution in [0.25, 0.3) is 0 Å². The first-order valence-electron chi connectivity index (χ1n) is 9.82. The Labute approximate surface area is 160 Å². The van der Waals surface area contributed by atoms with Crippen LogP contribution >= 0.6 is 0 Å². The Kier molecular flexibility index (Phi) is 4.74. The number of carbonyl (C=O) groups is 2. The Morgan fingerprint density at radius 3 is 2.19 bits per heavy atom. The number of rotatable bonds is 5. The predicted octanol–water partition coefficient (Wildman–Crippen LogP) is 3.07. The highest BCUT2D eigenvalue weighted by Crippen LogP contribution is 2.61. The van der Waals surface area contributed by atoms with Crippen molar-refractivity contribution in [1.82, 2.24) is 10.9 Å². The molecule has 4 fully saturated rings. The van der Waals surface area contributed by atoms with E-state index in [9.17, 15) is 9.59 Å². The summed E-state index contributed by atoms with van der Waals surface area (Å²) in [5.41, 5.74) is 5.62. The lowest BCUT2D eigenvalue weighted by Gasteiger charge is -2.56. The van der Waals surface area contributed by atoms with Gasteiger partial charge in [0.15, 0.2) is 11.5 Å². The van der Waals surface area contributed by atoms with E-state index in [0.29, 0.717) is 23.5 Å². The maximum absolute atomic E-state index is 12.6. The Balaban J connectivity index is 1.37. The van der Waals surface area contributed by atoms with Crippen LogP contribution in [0.15, 0.2) is 18.2 Å². The zero-order valence-electron chi connectivity index (χ0n) is 16.0. The summed E-state index contributed by atoms with van der Waals surface area (Å²) in [6, 6.07) is 5.08. The zero-order valence-corrected chi connectivity index (χ0v) is 16.0. The molecule has 0 unspecified atom stereocenters. The number of methoxy groups -OCH3 is 2. The van der Waals surface area contributed by atoms with E-state index in [0.717, 1.165) is 17.8 Å². The number of carbonyl (C=O) groups excluding carboxylic acids is 2. The van der Waals surface area contributed by atoms with Gasteiger partial charge in [-0.2, -0.15) is 0 Å². The van der Waals surface area contributed by atoms with Gasteiger partial charge in [0.2, 0.25) is 5.91 Å². The molecule has 0 radical (unpaired) electrons. The lowest BCUT2D eigenvalue weighted by Crippen LogP contribution is -2.50. The van der Waals surface area contributed by atoms with Crippen molar-refractivity contribution in [2.75, 3.05) is 14.2 Å². The van der Waals surface area contributed by atoms with Crippen LogP contribution in [0.2, 0.25) is 0 Å². The third-order valence-electron chi connectivity index (χ3n) is 6.66. The number of para-hydroxylation sites is 1. The van der Waals surface area contributed by atoms with Gasteiger partial charge in [0.05, 0.1) is 19.8 Å². The summed E-state index contributed by atoms with van der Waals surface area (Å²) >= 11 is 0. The first kappa shape index (κ1) is 18.1. The van der Waals surface area contributed by atoms with Gasteiger partial charge >= 0.3 is 0 Å². The Bertz CT molecular complexity index is 710. The van der Waals surface area contributed by atoms with Crippen LogP contribution < -0.4 is 20.3 Å². The molecule has 2 amide bonds. The molecule has 1 aromatic carbocycles. The number of hydrogen-bond donors (Lipinski definition) is 2.